The summed E-state index contributed by atoms with van der Waals surface area (Å²) in [7, 11) is 0. The molecule has 2 atom stereocenters. The van der Waals surface area contributed by atoms with Gasteiger partial charge in [-0.2, -0.15) is 0 Å². The third-order valence-electron chi connectivity index (χ3n) is 3.54. The molecule has 0 radical (unpaired) electrons. The Hall–Kier alpha value is 0.530. The van der Waals surface area contributed by atoms with Gasteiger partial charge >= 0.3 is 0 Å². The van der Waals surface area contributed by atoms with Crippen molar-refractivity contribution < 1.29 is 0 Å². The lowest BCUT2D eigenvalue weighted by atomic mass is 9.91. The van der Waals surface area contributed by atoms with Crippen LogP contribution < -0.4 is 0 Å². The molecule has 1 aromatic carbocycles. The number of hydrogen-bond acceptors (Lipinski definition) is 0. The normalized spacial score (nSPS) is 29.2. The van der Waals surface area contributed by atoms with E-state index in [4.69, 9.17) is 23.2 Å². The van der Waals surface area contributed by atoms with Crippen LogP contribution in [0.5, 0.6) is 0 Å². The zero-order chi connectivity index (χ0) is 11.1. The molecule has 1 aliphatic rings. The summed E-state index contributed by atoms with van der Waals surface area (Å²) in [5.41, 5.74) is 1.75. The topological polar surface area (TPSA) is 0 Å². The molecule has 0 aliphatic heterocycles. The van der Waals surface area contributed by atoms with E-state index in [-0.39, 0.29) is 0 Å². The second-order valence-electron chi connectivity index (χ2n) is 4.19. The molecule has 0 saturated heterocycles. The molecule has 0 bridgehead atoms. The van der Waals surface area contributed by atoms with Crippen molar-refractivity contribution in [1.82, 2.24) is 0 Å². The SMILES string of the molecule is CCC1(c2ccc(Cl)c(Cl)c2)CC1CI. The largest absolute Gasteiger partial charge is 0.0860 e. The highest BCUT2D eigenvalue weighted by Gasteiger charge is 2.52. The molecule has 2 rings (SSSR count). The fourth-order valence-electron chi connectivity index (χ4n) is 2.38. The molecule has 2 unspecified atom stereocenters. The van der Waals surface area contributed by atoms with E-state index in [1.165, 1.54) is 22.8 Å². The highest BCUT2D eigenvalue weighted by atomic mass is 127. The first-order chi connectivity index (χ1) is 7.14. The van der Waals surface area contributed by atoms with E-state index in [1.807, 2.05) is 12.1 Å². The van der Waals surface area contributed by atoms with Crippen molar-refractivity contribution in [2.75, 3.05) is 4.43 Å². The van der Waals surface area contributed by atoms with Crippen LogP contribution in [0.3, 0.4) is 0 Å². The monoisotopic (exact) mass is 354 g/mol. The first-order valence-electron chi connectivity index (χ1n) is 5.15. The van der Waals surface area contributed by atoms with Gasteiger partial charge in [-0.1, -0.05) is 58.8 Å². The lowest BCUT2D eigenvalue weighted by molar-refractivity contribution is 0.614. The van der Waals surface area contributed by atoms with Crippen LogP contribution in [-0.4, -0.2) is 4.43 Å². The molecule has 1 saturated carbocycles. The lowest BCUT2D eigenvalue weighted by Crippen LogP contribution is -2.09. The smallest absolute Gasteiger partial charge is 0.0595 e. The molecule has 3 heteroatoms. The third kappa shape index (κ3) is 2.03. The highest BCUT2D eigenvalue weighted by Crippen LogP contribution is 2.57. The summed E-state index contributed by atoms with van der Waals surface area (Å²) in [6, 6.07) is 6.09. The van der Waals surface area contributed by atoms with Crippen molar-refractivity contribution >= 4 is 45.8 Å². The summed E-state index contributed by atoms with van der Waals surface area (Å²) in [6.45, 7) is 2.26. The van der Waals surface area contributed by atoms with Crippen LogP contribution in [0.2, 0.25) is 10.0 Å². The van der Waals surface area contributed by atoms with Crippen molar-refractivity contribution in [2.45, 2.75) is 25.2 Å². The average Bonchev–Trinajstić information content (AvgIpc) is 2.97. The summed E-state index contributed by atoms with van der Waals surface area (Å²) < 4.78 is 1.23. The van der Waals surface area contributed by atoms with Crippen LogP contribution in [0.15, 0.2) is 18.2 Å². The fraction of sp³-hybridized carbons (Fsp3) is 0.500. The Morgan fingerprint density at radius 1 is 1.40 bits per heavy atom. The first kappa shape index (κ1) is 12.0. The van der Waals surface area contributed by atoms with Gasteiger partial charge in [0.05, 0.1) is 10.0 Å². The van der Waals surface area contributed by atoms with Crippen LogP contribution in [-0.2, 0) is 5.41 Å². The Labute approximate surface area is 114 Å². The third-order valence-corrected chi connectivity index (χ3v) is 5.35. The predicted molar refractivity (Wildman–Crippen MR) is 75.4 cm³/mol. The maximum absolute atomic E-state index is 6.06. The molecule has 0 N–H and O–H groups in total. The molecule has 0 spiro atoms. The summed E-state index contributed by atoms with van der Waals surface area (Å²) >= 11 is 14.5. The van der Waals surface area contributed by atoms with Gasteiger partial charge in [0.25, 0.3) is 0 Å². The number of benzene rings is 1. The molecule has 0 nitrogen and oxygen atoms in total. The second kappa shape index (κ2) is 4.42. The lowest BCUT2D eigenvalue weighted by Gasteiger charge is -2.15. The summed E-state index contributed by atoms with van der Waals surface area (Å²) in [4.78, 5) is 0. The van der Waals surface area contributed by atoms with Gasteiger partial charge in [0, 0.05) is 4.43 Å². The molecule has 0 heterocycles. The van der Waals surface area contributed by atoms with Crippen LogP contribution in [0.4, 0.5) is 0 Å². The average molecular weight is 355 g/mol. The van der Waals surface area contributed by atoms with Crippen LogP contribution in [0.1, 0.15) is 25.3 Å². The molecule has 1 aromatic rings. The number of rotatable bonds is 3. The summed E-state index contributed by atoms with van der Waals surface area (Å²) in [5, 5.41) is 1.33. The van der Waals surface area contributed by atoms with E-state index in [1.54, 1.807) is 0 Å². The van der Waals surface area contributed by atoms with Crippen molar-refractivity contribution in [3.63, 3.8) is 0 Å². The predicted octanol–water partition coefficient (Wildman–Crippen LogP) is 5.10. The zero-order valence-electron chi connectivity index (χ0n) is 8.56. The Morgan fingerprint density at radius 3 is 2.60 bits per heavy atom. The minimum atomic E-state index is 0.384. The maximum Gasteiger partial charge on any atom is 0.0595 e. The van der Waals surface area contributed by atoms with E-state index in [9.17, 15) is 0 Å². The van der Waals surface area contributed by atoms with Gasteiger partial charge in [0.1, 0.15) is 0 Å². The molecular formula is C12H13Cl2I. The molecule has 0 aromatic heterocycles. The van der Waals surface area contributed by atoms with E-state index in [2.05, 4.69) is 35.6 Å². The van der Waals surface area contributed by atoms with Gasteiger partial charge < -0.3 is 0 Å². The first-order valence-corrected chi connectivity index (χ1v) is 7.43. The molecule has 82 valence electrons. The number of hydrogen-bond donors (Lipinski definition) is 0. The number of halogens is 3. The van der Waals surface area contributed by atoms with Gasteiger partial charge in [-0.3, -0.25) is 0 Å². The van der Waals surface area contributed by atoms with Gasteiger partial charge in [-0.15, -0.1) is 0 Å². The fourth-order valence-corrected chi connectivity index (χ4v) is 3.83. The summed E-state index contributed by atoms with van der Waals surface area (Å²) in [6.07, 6.45) is 2.49. The van der Waals surface area contributed by atoms with Crippen molar-refractivity contribution in [3.8, 4) is 0 Å². The van der Waals surface area contributed by atoms with E-state index >= 15 is 0 Å². The van der Waals surface area contributed by atoms with Gasteiger partial charge in [0.15, 0.2) is 0 Å². The van der Waals surface area contributed by atoms with Crippen molar-refractivity contribution in [1.29, 1.82) is 0 Å². The molecule has 1 fully saturated rings. The minimum absolute atomic E-state index is 0.384. The summed E-state index contributed by atoms with van der Waals surface area (Å²) in [5.74, 6) is 0.820. The Bertz CT molecular complexity index is 378. The zero-order valence-corrected chi connectivity index (χ0v) is 12.2. The van der Waals surface area contributed by atoms with Crippen molar-refractivity contribution in [2.24, 2.45) is 5.92 Å². The van der Waals surface area contributed by atoms with Gasteiger partial charge in [-0.25, -0.2) is 0 Å². The van der Waals surface area contributed by atoms with E-state index < -0.39 is 0 Å². The molecular weight excluding hydrogens is 342 g/mol. The Morgan fingerprint density at radius 2 is 2.13 bits per heavy atom. The van der Waals surface area contributed by atoms with Crippen LogP contribution >= 0.6 is 45.8 Å². The van der Waals surface area contributed by atoms with E-state index in [0.717, 1.165) is 5.92 Å². The second-order valence-corrected chi connectivity index (χ2v) is 5.89. The highest BCUT2D eigenvalue weighted by molar-refractivity contribution is 14.1. The van der Waals surface area contributed by atoms with Crippen LogP contribution in [0.25, 0.3) is 0 Å². The van der Waals surface area contributed by atoms with Crippen LogP contribution in [0, 0.1) is 5.92 Å². The van der Waals surface area contributed by atoms with Gasteiger partial charge in [-0.05, 0) is 41.9 Å². The molecule has 0 amide bonds. The molecule has 1 aliphatic carbocycles. The number of alkyl halides is 1. The van der Waals surface area contributed by atoms with Gasteiger partial charge in [0.2, 0.25) is 0 Å². The van der Waals surface area contributed by atoms with Crippen molar-refractivity contribution in [3.05, 3.63) is 33.8 Å². The standard InChI is InChI=1S/C12H13Cl2I/c1-2-12(6-9(12)7-15)8-3-4-10(13)11(14)5-8/h3-5,9H,2,6-7H2,1H3. The quantitative estimate of drug-likeness (QED) is 0.523. The Kier molecular flexibility index (Phi) is 3.54. The molecule has 15 heavy (non-hydrogen) atoms. The van der Waals surface area contributed by atoms with E-state index in [0.29, 0.717) is 15.5 Å². The maximum atomic E-state index is 6.06. The minimum Gasteiger partial charge on any atom is -0.0860 e. The Balaban J connectivity index is 2.33.